The fourth-order valence-electron chi connectivity index (χ4n) is 1.13. The summed E-state index contributed by atoms with van der Waals surface area (Å²) in [6.45, 7) is 8.62. The van der Waals surface area contributed by atoms with Crippen molar-refractivity contribution in [3.8, 4) is 0 Å². The van der Waals surface area contributed by atoms with Crippen LogP contribution in [0.5, 0.6) is 0 Å². The summed E-state index contributed by atoms with van der Waals surface area (Å²) in [5, 5.41) is 0. The summed E-state index contributed by atoms with van der Waals surface area (Å²) < 4.78 is 4.83. The Hall–Kier alpha value is -0.570. The molecule has 0 aliphatic rings. The zero-order chi connectivity index (χ0) is 11.2. The number of ether oxygens (including phenoxy) is 1. The average molecular weight is 201 g/mol. The van der Waals surface area contributed by atoms with E-state index in [-0.39, 0.29) is 17.4 Å². The fourth-order valence-corrected chi connectivity index (χ4v) is 1.13. The predicted octanol–water partition coefficient (Wildman–Crippen LogP) is 2.09. The first-order valence-corrected chi connectivity index (χ1v) is 5.29. The largest absolute Gasteiger partial charge is 0.466 e. The lowest BCUT2D eigenvalue weighted by Crippen LogP contribution is -2.34. The molecule has 14 heavy (non-hydrogen) atoms. The molecule has 0 saturated heterocycles. The van der Waals surface area contributed by atoms with Gasteiger partial charge >= 0.3 is 5.97 Å². The van der Waals surface area contributed by atoms with Crippen molar-refractivity contribution in [2.24, 2.45) is 11.1 Å². The van der Waals surface area contributed by atoms with Crippen molar-refractivity contribution >= 4 is 5.97 Å². The van der Waals surface area contributed by atoms with Gasteiger partial charge < -0.3 is 10.5 Å². The Morgan fingerprint density at radius 3 is 2.43 bits per heavy atom. The van der Waals surface area contributed by atoms with Gasteiger partial charge in [0.05, 0.1) is 6.61 Å². The summed E-state index contributed by atoms with van der Waals surface area (Å²) in [5.41, 5.74) is 6.08. The van der Waals surface area contributed by atoms with Gasteiger partial charge in [0, 0.05) is 12.5 Å². The van der Waals surface area contributed by atoms with Crippen molar-refractivity contribution in [1.29, 1.82) is 0 Å². The molecule has 0 aromatic carbocycles. The quantitative estimate of drug-likeness (QED) is 0.693. The van der Waals surface area contributed by atoms with E-state index >= 15 is 0 Å². The third-order valence-corrected chi connectivity index (χ3v) is 2.31. The number of hydrogen-bond acceptors (Lipinski definition) is 3. The Morgan fingerprint density at radius 2 is 2.00 bits per heavy atom. The molecule has 1 atom stereocenters. The maximum Gasteiger partial charge on any atom is 0.305 e. The molecule has 0 saturated carbocycles. The zero-order valence-electron chi connectivity index (χ0n) is 9.80. The average Bonchev–Trinajstić information content (AvgIpc) is 2.02. The van der Waals surface area contributed by atoms with Crippen LogP contribution >= 0.6 is 0 Å². The second-order valence-corrected chi connectivity index (χ2v) is 4.67. The zero-order valence-corrected chi connectivity index (χ0v) is 9.80. The van der Waals surface area contributed by atoms with Crippen LogP contribution in [0, 0.1) is 5.41 Å². The second-order valence-electron chi connectivity index (χ2n) is 4.67. The van der Waals surface area contributed by atoms with Crippen LogP contribution in [0.15, 0.2) is 0 Å². The summed E-state index contributed by atoms with van der Waals surface area (Å²) in [6.07, 6.45) is 2.18. The van der Waals surface area contributed by atoms with Gasteiger partial charge in [-0.25, -0.2) is 0 Å². The Morgan fingerprint density at radius 1 is 1.43 bits per heavy atom. The highest BCUT2D eigenvalue weighted by Crippen LogP contribution is 2.21. The minimum atomic E-state index is -0.117. The van der Waals surface area contributed by atoms with Crippen molar-refractivity contribution in [3.63, 3.8) is 0 Å². The molecule has 0 aliphatic carbocycles. The summed E-state index contributed by atoms with van der Waals surface area (Å²) in [6, 6.07) is 0.150. The first kappa shape index (κ1) is 13.4. The van der Waals surface area contributed by atoms with E-state index in [1.54, 1.807) is 0 Å². The van der Waals surface area contributed by atoms with E-state index in [2.05, 4.69) is 20.8 Å². The van der Waals surface area contributed by atoms with Crippen molar-refractivity contribution in [1.82, 2.24) is 0 Å². The molecule has 3 heteroatoms. The maximum absolute atomic E-state index is 11.0. The Balaban J connectivity index is 3.59. The number of hydrogen-bond donors (Lipinski definition) is 1. The highest BCUT2D eigenvalue weighted by Gasteiger charge is 2.20. The number of carbonyl (C=O) groups excluding carboxylic acids is 1. The molecule has 84 valence electrons. The SMILES string of the molecule is CCOC(=O)CCCC(N)C(C)(C)C. The monoisotopic (exact) mass is 201 g/mol. The predicted molar refractivity (Wildman–Crippen MR) is 57.9 cm³/mol. The van der Waals surface area contributed by atoms with Crippen molar-refractivity contribution in [2.75, 3.05) is 6.61 Å². The molecular formula is C11H23NO2. The Bertz CT molecular complexity index is 173. The van der Waals surface area contributed by atoms with E-state index in [0.717, 1.165) is 12.8 Å². The standard InChI is InChI=1S/C11H23NO2/c1-5-14-10(13)8-6-7-9(12)11(2,3)4/h9H,5-8,12H2,1-4H3. The van der Waals surface area contributed by atoms with Crippen molar-refractivity contribution < 1.29 is 9.53 Å². The van der Waals surface area contributed by atoms with Gasteiger partial charge in [-0.15, -0.1) is 0 Å². The van der Waals surface area contributed by atoms with Crippen LogP contribution in [0.3, 0.4) is 0 Å². The van der Waals surface area contributed by atoms with Crippen LogP contribution in [-0.4, -0.2) is 18.6 Å². The number of carbonyl (C=O) groups is 1. The van der Waals surface area contributed by atoms with Crippen LogP contribution in [0.4, 0.5) is 0 Å². The van der Waals surface area contributed by atoms with Gasteiger partial charge in [0.15, 0.2) is 0 Å². The van der Waals surface area contributed by atoms with Crippen LogP contribution in [0.2, 0.25) is 0 Å². The Kier molecular flexibility index (Phi) is 5.77. The van der Waals surface area contributed by atoms with E-state index < -0.39 is 0 Å². The second kappa shape index (κ2) is 6.02. The van der Waals surface area contributed by atoms with Gasteiger partial charge in [-0.1, -0.05) is 20.8 Å². The topological polar surface area (TPSA) is 52.3 Å². The molecule has 0 aromatic rings. The summed E-state index contributed by atoms with van der Waals surface area (Å²) >= 11 is 0. The van der Waals surface area contributed by atoms with Crippen LogP contribution in [-0.2, 0) is 9.53 Å². The molecular weight excluding hydrogens is 178 g/mol. The molecule has 0 amide bonds. The van der Waals surface area contributed by atoms with Gasteiger partial charge in [-0.05, 0) is 25.2 Å². The summed E-state index contributed by atoms with van der Waals surface area (Å²) in [4.78, 5) is 11.0. The van der Waals surface area contributed by atoms with E-state index in [0.29, 0.717) is 13.0 Å². The van der Waals surface area contributed by atoms with Gasteiger partial charge in [0.25, 0.3) is 0 Å². The fraction of sp³-hybridized carbons (Fsp3) is 0.909. The third-order valence-electron chi connectivity index (χ3n) is 2.31. The maximum atomic E-state index is 11.0. The lowest BCUT2D eigenvalue weighted by molar-refractivity contribution is -0.143. The van der Waals surface area contributed by atoms with Crippen LogP contribution in [0.1, 0.15) is 47.0 Å². The minimum Gasteiger partial charge on any atom is -0.466 e. The molecule has 0 heterocycles. The van der Waals surface area contributed by atoms with E-state index in [9.17, 15) is 4.79 Å². The van der Waals surface area contributed by atoms with Crippen molar-refractivity contribution in [2.45, 2.75) is 53.0 Å². The Labute approximate surface area is 87.0 Å². The molecule has 0 spiro atoms. The van der Waals surface area contributed by atoms with Crippen molar-refractivity contribution in [3.05, 3.63) is 0 Å². The van der Waals surface area contributed by atoms with E-state index in [4.69, 9.17) is 10.5 Å². The molecule has 3 nitrogen and oxygen atoms in total. The van der Waals surface area contributed by atoms with Gasteiger partial charge in [0.2, 0.25) is 0 Å². The van der Waals surface area contributed by atoms with E-state index in [1.165, 1.54) is 0 Å². The molecule has 0 bridgehead atoms. The molecule has 1 unspecified atom stereocenters. The number of esters is 1. The normalized spacial score (nSPS) is 13.8. The van der Waals surface area contributed by atoms with Gasteiger partial charge in [-0.2, -0.15) is 0 Å². The highest BCUT2D eigenvalue weighted by molar-refractivity contribution is 5.69. The minimum absolute atomic E-state index is 0.117. The smallest absolute Gasteiger partial charge is 0.305 e. The molecule has 0 radical (unpaired) electrons. The van der Waals surface area contributed by atoms with Crippen LogP contribution < -0.4 is 5.73 Å². The first-order valence-electron chi connectivity index (χ1n) is 5.29. The highest BCUT2D eigenvalue weighted by atomic mass is 16.5. The van der Waals surface area contributed by atoms with E-state index in [1.807, 2.05) is 6.92 Å². The summed E-state index contributed by atoms with van der Waals surface area (Å²) in [7, 11) is 0. The molecule has 0 aromatic heterocycles. The first-order chi connectivity index (χ1) is 6.38. The number of rotatable bonds is 5. The molecule has 0 aliphatic heterocycles. The molecule has 0 fully saturated rings. The lowest BCUT2D eigenvalue weighted by atomic mass is 9.84. The number of nitrogens with two attached hydrogens (primary N) is 1. The lowest BCUT2D eigenvalue weighted by Gasteiger charge is -2.26. The molecule has 2 N–H and O–H groups in total. The van der Waals surface area contributed by atoms with Crippen LogP contribution in [0.25, 0.3) is 0 Å². The summed E-state index contributed by atoms with van der Waals surface area (Å²) in [5.74, 6) is -0.117. The van der Waals surface area contributed by atoms with Gasteiger partial charge in [-0.3, -0.25) is 4.79 Å². The third kappa shape index (κ3) is 5.97. The molecule has 0 rings (SSSR count). The van der Waals surface area contributed by atoms with Gasteiger partial charge in [0.1, 0.15) is 0 Å².